The summed E-state index contributed by atoms with van der Waals surface area (Å²) in [5, 5.41) is 6.99. The van der Waals surface area contributed by atoms with Gasteiger partial charge in [0.2, 0.25) is 5.95 Å². The highest BCUT2D eigenvalue weighted by Crippen LogP contribution is 2.28. The number of halogens is 1. The molecular weight excluding hydrogens is 374 g/mol. The van der Waals surface area contributed by atoms with Gasteiger partial charge >= 0.3 is 0 Å². The van der Waals surface area contributed by atoms with Crippen molar-refractivity contribution in [3.8, 4) is 5.75 Å². The second-order valence-corrected chi connectivity index (χ2v) is 6.49. The first-order chi connectivity index (χ1) is 13.6. The van der Waals surface area contributed by atoms with E-state index in [0.29, 0.717) is 22.5 Å². The van der Waals surface area contributed by atoms with Gasteiger partial charge in [-0.25, -0.2) is 4.98 Å². The van der Waals surface area contributed by atoms with E-state index in [2.05, 4.69) is 51.5 Å². The molecule has 0 amide bonds. The van der Waals surface area contributed by atoms with Crippen LogP contribution >= 0.6 is 11.6 Å². The average molecular weight is 398 g/mol. The summed E-state index contributed by atoms with van der Waals surface area (Å²) in [6, 6.07) is 15.5. The lowest BCUT2D eigenvalue weighted by atomic mass is 10.2. The molecule has 0 unspecified atom stereocenters. The zero-order valence-electron chi connectivity index (χ0n) is 16.2. The third-order valence-electron chi connectivity index (χ3n) is 4.33. The van der Waals surface area contributed by atoms with Crippen molar-refractivity contribution in [2.24, 2.45) is 0 Å². The van der Waals surface area contributed by atoms with Crippen molar-refractivity contribution in [3.63, 3.8) is 0 Å². The van der Waals surface area contributed by atoms with E-state index < -0.39 is 0 Å². The Labute approximate surface area is 170 Å². The molecule has 0 aliphatic rings. The van der Waals surface area contributed by atoms with Crippen LogP contribution in [0.4, 0.5) is 28.8 Å². The molecule has 0 radical (unpaired) electrons. The van der Waals surface area contributed by atoms with E-state index in [4.69, 9.17) is 16.3 Å². The van der Waals surface area contributed by atoms with E-state index in [1.165, 1.54) is 5.69 Å². The Hall–Kier alpha value is -2.99. The Kier molecular flexibility index (Phi) is 6.55. The number of hydrogen-bond donors (Lipinski definition) is 2. The average Bonchev–Trinajstić information content (AvgIpc) is 2.71. The molecule has 0 atom stereocenters. The lowest BCUT2D eigenvalue weighted by Gasteiger charge is -2.21. The Balaban J connectivity index is 1.70. The van der Waals surface area contributed by atoms with Crippen molar-refractivity contribution in [2.45, 2.75) is 13.8 Å². The van der Waals surface area contributed by atoms with Crippen LogP contribution < -0.4 is 20.3 Å². The first-order valence-corrected chi connectivity index (χ1v) is 9.56. The topological polar surface area (TPSA) is 62.3 Å². The summed E-state index contributed by atoms with van der Waals surface area (Å²) in [4.78, 5) is 11.1. The monoisotopic (exact) mass is 397 g/mol. The number of nitrogens with zero attached hydrogens (tertiary/aromatic N) is 3. The smallest absolute Gasteiger partial charge is 0.229 e. The van der Waals surface area contributed by atoms with Crippen molar-refractivity contribution in [2.75, 3.05) is 35.7 Å². The number of hydrogen-bond acceptors (Lipinski definition) is 6. The maximum absolute atomic E-state index is 6.18. The van der Waals surface area contributed by atoms with Crippen molar-refractivity contribution in [1.82, 2.24) is 9.97 Å². The molecule has 0 fully saturated rings. The molecular formula is C21H24ClN5O. The van der Waals surface area contributed by atoms with Gasteiger partial charge in [0, 0.05) is 36.3 Å². The quantitative estimate of drug-likeness (QED) is 0.525. The molecule has 7 heteroatoms. The first-order valence-electron chi connectivity index (χ1n) is 9.18. The van der Waals surface area contributed by atoms with Gasteiger partial charge in [-0.05, 0) is 62.4 Å². The predicted molar refractivity (Wildman–Crippen MR) is 117 cm³/mol. The van der Waals surface area contributed by atoms with Crippen LogP contribution in [0.3, 0.4) is 0 Å². The second-order valence-electron chi connectivity index (χ2n) is 6.08. The lowest BCUT2D eigenvalue weighted by Crippen LogP contribution is -2.21. The normalized spacial score (nSPS) is 10.4. The Bertz CT molecular complexity index is 913. The fourth-order valence-corrected chi connectivity index (χ4v) is 3.11. The minimum atomic E-state index is 0.514. The van der Waals surface area contributed by atoms with Crippen LogP contribution in [0.5, 0.6) is 5.75 Å². The van der Waals surface area contributed by atoms with Gasteiger partial charge in [-0.2, -0.15) is 4.98 Å². The molecule has 0 aliphatic heterocycles. The van der Waals surface area contributed by atoms with Gasteiger partial charge in [0.1, 0.15) is 11.6 Å². The van der Waals surface area contributed by atoms with Crippen LogP contribution in [0.2, 0.25) is 5.02 Å². The molecule has 28 heavy (non-hydrogen) atoms. The van der Waals surface area contributed by atoms with Crippen molar-refractivity contribution >= 4 is 40.4 Å². The molecule has 0 bridgehead atoms. The van der Waals surface area contributed by atoms with Crippen LogP contribution in [0.15, 0.2) is 54.7 Å². The largest absolute Gasteiger partial charge is 0.495 e. The van der Waals surface area contributed by atoms with E-state index in [1.54, 1.807) is 25.4 Å². The summed E-state index contributed by atoms with van der Waals surface area (Å²) in [5.74, 6) is 1.81. The maximum Gasteiger partial charge on any atom is 0.229 e. The van der Waals surface area contributed by atoms with Gasteiger partial charge in [-0.15, -0.1) is 0 Å². The van der Waals surface area contributed by atoms with Crippen LogP contribution in [0, 0.1) is 0 Å². The summed E-state index contributed by atoms with van der Waals surface area (Å²) in [7, 11) is 1.59. The summed E-state index contributed by atoms with van der Waals surface area (Å²) in [6.45, 7) is 6.26. The number of benzene rings is 2. The summed E-state index contributed by atoms with van der Waals surface area (Å²) in [6.07, 6.45) is 1.70. The number of anilines is 5. The maximum atomic E-state index is 6.18. The van der Waals surface area contributed by atoms with Gasteiger partial charge in [0.25, 0.3) is 0 Å². The third kappa shape index (κ3) is 4.84. The molecule has 2 aromatic carbocycles. The molecule has 3 rings (SSSR count). The van der Waals surface area contributed by atoms with E-state index in [9.17, 15) is 0 Å². The molecule has 2 N–H and O–H groups in total. The van der Waals surface area contributed by atoms with Crippen LogP contribution in [-0.2, 0) is 0 Å². The Morgan fingerprint density at radius 3 is 2.32 bits per heavy atom. The van der Waals surface area contributed by atoms with Crippen molar-refractivity contribution in [3.05, 3.63) is 59.8 Å². The molecule has 3 aromatic rings. The number of methoxy groups -OCH3 is 1. The molecule has 1 aromatic heterocycles. The zero-order chi connectivity index (χ0) is 19.9. The van der Waals surface area contributed by atoms with Crippen molar-refractivity contribution < 1.29 is 4.74 Å². The van der Waals surface area contributed by atoms with E-state index in [-0.39, 0.29) is 0 Å². The molecule has 0 aliphatic carbocycles. The SMILES string of the molecule is CCN(CC)c1ccc(Nc2nccc(Nc3ccc(OC)c(Cl)c3)n2)cc1. The zero-order valence-corrected chi connectivity index (χ0v) is 17.0. The minimum absolute atomic E-state index is 0.514. The van der Waals surface area contributed by atoms with E-state index in [1.807, 2.05) is 24.3 Å². The van der Waals surface area contributed by atoms with Crippen LogP contribution in [-0.4, -0.2) is 30.2 Å². The Morgan fingerprint density at radius 2 is 1.68 bits per heavy atom. The third-order valence-corrected chi connectivity index (χ3v) is 4.63. The molecule has 146 valence electrons. The van der Waals surface area contributed by atoms with Gasteiger partial charge in [0.15, 0.2) is 0 Å². The lowest BCUT2D eigenvalue weighted by molar-refractivity contribution is 0.415. The number of rotatable bonds is 8. The van der Waals surface area contributed by atoms with Crippen molar-refractivity contribution in [1.29, 1.82) is 0 Å². The molecule has 0 saturated carbocycles. The fraction of sp³-hybridized carbons (Fsp3) is 0.238. The second kappa shape index (κ2) is 9.28. The first kappa shape index (κ1) is 19.8. The number of ether oxygens (including phenoxy) is 1. The highest BCUT2D eigenvalue weighted by Gasteiger charge is 2.05. The highest BCUT2D eigenvalue weighted by molar-refractivity contribution is 6.32. The highest BCUT2D eigenvalue weighted by atomic mass is 35.5. The molecule has 1 heterocycles. The van der Waals surface area contributed by atoms with E-state index in [0.717, 1.165) is 24.5 Å². The van der Waals surface area contributed by atoms with E-state index >= 15 is 0 Å². The van der Waals surface area contributed by atoms with Gasteiger partial charge in [-0.3, -0.25) is 0 Å². The standard InChI is InChI=1S/C21H24ClN5O/c1-4-27(5-2)17-9-6-15(7-10-17)25-21-23-13-12-20(26-21)24-16-8-11-19(28-3)18(22)14-16/h6-14H,4-5H2,1-3H3,(H2,23,24,25,26). The summed E-state index contributed by atoms with van der Waals surface area (Å²) < 4.78 is 5.17. The van der Waals surface area contributed by atoms with Gasteiger partial charge in [0.05, 0.1) is 12.1 Å². The molecule has 0 spiro atoms. The predicted octanol–water partition coefficient (Wildman–Crippen LogP) is 5.47. The van der Waals surface area contributed by atoms with Crippen LogP contribution in [0.25, 0.3) is 0 Å². The van der Waals surface area contributed by atoms with Gasteiger partial charge in [-0.1, -0.05) is 11.6 Å². The summed E-state index contributed by atoms with van der Waals surface area (Å²) in [5.41, 5.74) is 2.95. The number of aromatic nitrogens is 2. The number of nitrogens with one attached hydrogen (secondary N) is 2. The summed E-state index contributed by atoms with van der Waals surface area (Å²) >= 11 is 6.18. The Morgan fingerprint density at radius 1 is 0.964 bits per heavy atom. The molecule has 6 nitrogen and oxygen atoms in total. The fourth-order valence-electron chi connectivity index (χ4n) is 2.85. The van der Waals surface area contributed by atoms with Gasteiger partial charge < -0.3 is 20.3 Å². The van der Waals surface area contributed by atoms with Crippen LogP contribution in [0.1, 0.15) is 13.8 Å². The minimum Gasteiger partial charge on any atom is -0.495 e. The molecule has 0 saturated heterocycles.